The van der Waals surface area contributed by atoms with Crippen LogP contribution >= 0.6 is 11.8 Å². The molecule has 1 aliphatic rings. The third-order valence-electron chi connectivity index (χ3n) is 2.68. The molecule has 1 aromatic heterocycles. The summed E-state index contributed by atoms with van der Waals surface area (Å²) in [6.45, 7) is 2.09. The lowest BCUT2D eigenvalue weighted by Crippen LogP contribution is -2.39. The summed E-state index contributed by atoms with van der Waals surface area (Å²) < 4.78 is 37.6. The second-order valence-corrected chi connectivity index (χ2v) is 5.51. The molecule has 1 N–H and O–H groups in total. The molecule has 1 saturated heterocycles. The molecule has 2 heterocycles. The average Bonchev–Trinajstić information content (AvgIpc) is 2.83. The van der Waals surface area contributed by atoms with Crippen molar-refractivity contribution in [3.8, 4) is 0 Å². The Balaban J connectivity index is 2.07. The molecule has 0 saturated carbocycles. The number of hydrogen-bond donors (Lipinski definition) is 1. The predicted octanol–water partition coefficient (Wildman–Crippen LogP) is 1.53. The van der Waals surface area contributed by atoms with Crippen LogP contribution in [0.25, 0.3) is 0 Å². The quantitative estimate of drug-likeness (QED) is 0.675. The molecule has 1 aromatic rings. The number of rotatable bonds is 3. The summed E-state index contributed by atoms with van der Waals surface area (Å²) in [5.41, 5.74) is -1.07. The Morgan fingerprint density at radius 3 is 2.81 bits per heavy atom. The van der Waals surface area contributed by atoms with E-state index in [2.05, 4.69) is 15.3 Å². The fourth-order valence-electron chi connectivity index (χ4n) is 1.67. The lowest BCUT2D eigenvalue weighted by Gasteiger charge is -2.16. The van der Waals surface area contributed by atoms with Crippen molar-refractivity contribution in [2.24, 2.45) is 0 Å². The Kier molecular flexibility index (Phi) is 4.35. The van der Waals surface area contributed by atoms with Crippen molar-refractivity contribution in [3.63, 3.8) is 0 Å². The number of nitrogens with zero attached hydrogens (tertiary/aromatic N) is 3. The second kappa shape index (κ2) is 5.88. The van der Waals surface area contributed by atoms with E-state index in [1.54, 1.807) is 0 Å². The molecule has 3 amide bonds. The van der Waals surface area contributed by atoms with E-state index in [9.17, 15) is 22.8 Å². The van der Waals surface area contributed by atoms with E-state index in [0.29, 0.717) is 6.54 Å². The smallest absolute Gasteiger partial charge is 0.336 e. The highest BCUT2D eigenvalue weighted by atomic mass is 32.2. The maximum Gasteiger partial charge on any atom is 0.433 e. The van der Waals surface area contributed by atoms with Gasteiger partial charge in [0.2, 0.25) is 5.91 Å². The van der Waals surface area contributed by atoms with Crippen molar-refractivity contribution in [1.82, 2.24) is 20.2 Å². The van der Waals surface area contributed by atoms with Crippen molar-refractivity contribution in [2.45, 2.75) is 23.5 Å². The highest BCUT2D eigenvalue weighted by Crippen LogP contribution is 2.29. The van der Waals surface area contributed by atoms with Gasteiger partial charge in [-0.05, 0) is 13.0 Å². The fourth-order valence-corrected chi connectivity index (χ4v) is 2.48. The second-order valence-electron chi connectivity index (χ2n) is 4.20. The molecule has 1 atom stereocenters. The summed E-state index contributed by atoms with van der Waals surface area (Å²) in [6.07, 6.45) is -3.59. The number of imide groups is 1. The maximum absolute atomic E-state index is 12.5. The zero-order chi connectivity index (χ0) is 15.6. The summed E-state index contributed by atoms with van der Waals surface area (Å²) >= 11 is 0.777. The van der Waals surface area contributed by atoms with Crippen molar-refractivity contribution in [3.05, 3.63) is 18.0 Å². The topological polar surface area (TPSA) is 75.2 Å². The molecule has 6 nitrogen and oxygen atoms in total. The number of thioether (sulfide) groups is 1. The molecule has 21 heavy (non-hydrogen) atoms. The zero-order valence-electron chi connectivity index (χ0n) is 10.8. The van der Waals surface area contributed by atoms with E-state index in [1.165, 1.54) is 6.92 Å². The first-order valence-electron chi connectivity index (χ1n) is 5.95. The van der Waals surface area contributed by atoms with E-state index in [0.717, 1.165) is 28.9 Å². The van der Waals surface area contributed by atoms with Gasteiger partial charge in [0.15, 0.2) is 5.16 Å². The first-order chi connectivity index (χ1) is 9.79. The zero-order valence-corrected chi connectivity index (χ0v) is 11.7. The van der Waals surface area contributed by atoms with Gasteiger partial charge < -0.3 is 5.32 Å². The lowest BCUT2D eigenvalue weighted by molar-refractivity contribution is -0.141. The molecule has 0 bridgehead atoms. The van der Waals surface area contributed by atoms with Crippen molar-refractivity contribution >= 4 is 23.7 Å². The Bertz CT molecular complexity index is 567. The Morgan fingerprint density at radius 1 is 1.52 bits per heavy atom. The van der Waals surface area contributed by atoms with Gasteiger partial charge in [-0.15, -0.1) is 0 Å². The third kappa shape index (κ3) is 3.63. The van der Waals surface area contributed by atoms with Crippen LogP contribution in [0, 0.1) is 0 Å². The molecule has 2 rings (SSSR count). The number of carbonyl (C=O) groups excluding carboxylic acids is 2. The summed E-state index contributed by atoms with van der Waals surface area (Å²) in [5, 5.41) is 1.55. The van der Waals surface area contributed by atoms with Gasteiger partial charge in [0.1, 0.15) is 5.69 Å². The Hall–Kier alpha value is -1.84. The highest BCUT2D eigenvalue weighted by Gasteiger charge is 2.34. The van der Waals surface area contributed by atoms with Crippen LogP contribution in [0.4, 0.5) is 18.0 Å². The van der Waals surface area contributed by atoms with Gasteiger partial charge in [-0.1, -0.05) is 11.8 Å². The minimum absolute atomic E-state index is 0.162. The number of nitrogens with one attached hydrogen (secondary N) is 1. The minimum atomic E-state index is -4.57. The first kappa shape index (κ1) is 15.5. The summed E-state index contributed by atoms with van der Waals surface area (Å²) in [5.74, 6) is -0.490. The third-order valence-corrected chi connectivity index (χ3v) is 3.64. The fraction of sp³-hybridized carbons (Fsp3) is 0.455. The Morgan fingerprint density at radius 2 is 2.24 bits per heavy atom. The van der Waals surface area contributed by atoms with E-state index in [-0.39, 0.29) is 11.7 Å². The van der Waals surface area contributed by atoms with Crippen molar-refractivity contribution < 1.29 is 22.8 Å². The largest absolute Gasteiger partial charge is 0.433 e. The number of aromatic nitrogens is 2. The minimum Gasteiger partial charge on any atom is -0.336 e. The molecular formula is C11H11F3N4O2S. The number of carbonyl (C=O) groups is 2. The van der Waals surface area contributed by atoms with Crippen LogP contribution in [0.2, 0.25) is 0 Å². The molecule has 114 valence electrons. The first-order valence-corrected chi connectivity index (χ1v) is 6.83. The van der Waals surface area contributed by atoms with Crippen molar-refractivity contribution in [2.75, 3.05) is 13.1 Å². The molecule has 1 aliphatic heterocycles. The van der Waals surface area contributed by atoms with Gasteiger partial charge >= 0.3 is 12.2 Å². The summed E-state index contributed by atoms with van der Waals surface area (Å²) in [6, 6.07) is 0.252. The van der Waals surface area contributed by atoms with E-state index < -0.39 is 29.1 Å². The number of amides is 3. The summed E-state index contributed by atoms with van der Waals surface area (Å²) in [4.78, 5) is 31.5. The average molecular weight is 320 g/mol. The normalized spacial score (nSPS) is 16.8. The van der Waals surface area contributed by atoms with Crippen LogP contribution in [-0.4, -0.2) is 45.1 Å². The van der Waals surface area contributed by atoms with Gasteiger partial charge in [0.05, 0.1) is 5.25 Å². The van der Waals surface area contributed by atoms with Gasteiger partial charge in [-0.2, -0.15) is 13.2 Å². The Labute approximate surface area is 122 Å². The van der Waals surface area contributed by atoms with Gasteiger partial charge in [-0.3, -0.25) is 9.69 Å². The lowest BCUT2D eigenvalue weighted by atomic mass is 10.4. The van der Waals surface area contributed by atoms with Crippen LogP contribution in [0.15, 0.2) is 17.4 Å². The number of urea groups is 1. The van der Waals surface area contributed by atoms with Crippen LogP contribution in [0.5, 0.6) is 0 Å². The van der Waals surface area contributed by atoms with E-state index in [4.69, 9.17) is 0 Å². The molecule has 0 aliphatic carbocycles. The molecule has 0 radical (unpaired) electrons. The van der Waals surface area contributed by atoms with Gasteiger partial charge in [0.25, 0.3) is 0 Å². The molecular weight excluding hydrogens is 309 g/mol. The van der Waals surface area contributed by atoms with Crippen LogP contribution in [-0.2, 0) is 11.0 Å². The van der Waals surface area contributed by atoms with Crippen LogP contribution in [0.1, 0.15) is 12.6 Å². The summed E-state index contributed by atoms with van der Waals surface area (Å²) in [7, 11) is 0. The van der Waals surface area contributed by atoms with Gasteiger partial charge in [0, 0.05) is 19.3 Å². The van der Waals surface area contributed by atoms with Crippen LogP contribution in [0.3, 0.4) is 0 Å². The number of hydrogen-bond acceptors (Lipinski definition) is 5. The van der Waals surface area contributed by atoms with Gasteiger partial charge in [-0.25, -0.2) is 14.8 Å². The molecule has 10 heteroatoms. The number of halogens is 3. The molecule has 1 unspecified atom stereocenters. The monoisotopic (exact) mass is 320 g/mol. The van der Waals surface area contributed by atoms with E-state index in [1.807, 2.05) is 0 Å². The number of alkyl halides is 3. The van der Waals surface area contributed by atoms with Crippen LogP contribution < -0.4 is 5.32 Å². The molecule has 0 aromatic carbocycles. The SMILES string of the molecule is CC(Sc1nccc(C(F)(F)F)n1)C(=O)N1CCNC1=O. The molecule has 0 spiro atoms. The standard InChI is InChI=1S/C11H11F3N4O2S/c1-6(8(19)18-5-4-16-10(18)20)21-9-15-3-2-7(17-9)11(12,13)14/h2-3,6H,4-5H2,1H3,(H,16,20). The van der Waals surface area contributed by atoms with Crippen molar-refractivity contribution in [1.29, 1.82) is 0 Å². The molecule has 1 fully saturated rings. The van der Waals surface area contributed by atoms with E-state index >= 15 is 0 Å². The maximum atomic E-state index is 12.5. The predicted molar refractivity (Wildman–Crippen MR) is 67.5 cm³/mol. The highest BCUT2D eigenvalue weighted by molar-refractivity contribution is 8.00.